The smallest absolute Gasteiger partial charge is 0.146 e. The highest BCUT2D eigenvalue weighted by molar-refractivity contribution is 5.64. The van der Waals surface area contributed by atoms with Gasteiger partial charge in [0.15, 0.2) is 0 Å². The molecule has 2 aromatic carbocycles. The Morgan fingerprint density at radius 3 is 1.46 bits per heavy atom. The molecule has 2 aromatic rings. The monoisotopic (exact) mass is 358 g/mol. The van der Waals surface area contributed by atoms with Gasteiger partial charge < -0.3 is 29.5 Å². The second-order valence-corrected chi connectivity index (χ2v) is 6.14. The van der Waals surface area contributed by atoms with Crippen LogP contribution in [-0.2, 0) is 0 Å². The molecule has 0 unspecified atom stereocenters. The van der Waals surface area contributed by atoms with Crippen molar-refractivity contribution in [1.82, 2.24) is 0 Å². The molecule has 140 valence electrons. The highest BCUT2D eigenvalue weighted by Crippen LogP contribution is 2.35. The molecule has 1 aliphatic heterocycles. The minimum atomic E-state index is 0.210. The number of ether oxygens (including phenoxy) is 2. The molecule has 1 fully saturated rings. The Morgan fingerprint density at radius 1 is 0.731 bits per heavy atom. The van der Waals surface area contributed by atoms with Gasteiger partial charge in [0.05, 0.1) is 24.6 Å². The molecule has 0 radical (unpaired) electrons. The minimum Gasteiger partial charge on any atom is -0.508 e. The van der Waals surface area contributed by atoms with Gasteiger partial charge in [-0.3, -0.25) is 0 Å². The van der Waals surface area contributed by atoms with Crippen LogP contribution in [-0.4, -0.2) is 49.6 Å². The van der Waals surface area contributed by atoms with Crippen LogP contribution in [0.15, 0.2) is 36.4 Å². The number of hydrogen-bond acceptors (Lipinski definition) is 6. The lowest BCUT2D eigenvalue weighted by molar-refractivity contribution is 0.336. The predicted octanol–water partition coefficient (Wildman–Crippen LogP) is 3.22. The molecule has 0 aromatic heterocycles. The molecule has 1 saturated heterocycles. The molecule has 0 bridgehead atoms. The molecule has 2 N–H and O–H groups in total. The standard InChI is InChI=1S/C20H26N2O4/c1-3-25-19-13-15(23)5-7-17(19)21-9-11-22(12-10-21)18-8-6-16(24)14-20(18)26-4-2/h5-8,13-14,23-24H,3-4,9-12H2,1-2H3. The van der Waals surface area contributed by atoms with Gasteiger partial charge >= 0.3 is 0 Å². The van der Waals surface area contributed by atoms with Gasteiger partial charge in [-0.05, 0) is 38.1 Å². The number of benzene rings is 2. The van der Waals surface area contributed by atoms with Crippen molar-refractivity contribution >= 4 is 11.4 Å². The summed E-state index contributed by atoms with van der Waals surface area (Å²) in [5.74, 6) is 1.84. The number of rotatable bonds is 6. The zero-order valence-corrected chi connectivity index (χ0v) is 15.3. The number of hydrogen-bond donors (Lipinski definition) is 2. The van der Waals surface area contributed by atoms with Gasteiger partial charge in [0.25, 0.3) is 0 Å². The van der Waals surface area contributed by atoms with E-state index in [2.05, 4.69) is 9.80 Å². The fraction of sp³-hybridized carbons (Fsp3) is 0.400. The Labute approximate surface area is 154 Å². The van der Waals surface area contributed by atoms with Crippen LogP contribution in [0.3, 0.4) is 0 Å². The molecule has 1 heterocycles. The van der Waals surface area contributed by atoms with Crippen molar-refractivity contribution < 1.29 is 19.7 Å². The maximum atomic E-state index is 9.72. The number of phenolic OH excluding ortho intramolecular Hbond substituents is 2. The molecule has 6 nitrogen and oxygen atoms in total. The Kier molecular flexibility index (Phi) is 5.61. The van der Waals surface area contributed by atoms with Gasteiger partial charge in [-0.25, -0.2) is 0 Å². The van der Waals surface area contributed by atoms with Crippen molar-refractivity contribution in [3.63, 3.8) is 0 Å². The fourth-order valence-corrected chi connectivity index (χ4v) is 3.26. The van der Waals surface area contributed by atoms with Crippen LogP contribution in [0.4, 0.5) is 11.4 Å². The van der Waals surface area contributed by atoms with Crippen molar-refractivity contribution in [1.29, 1.82) is 0 Å². The van der Waals surface area contributed by atoms with Crippen LogP contribution >= 0.6 is 0 Å². The summed E-state index contributed by atoms with van der Waals surface area (Å²) in [5.41, 5.74) is 2.00. The molecule has 1 aliphatic rings. The zero-order valence-electron chi connectivity index (χ0n) is 15.3. The highest BCUT2D eigenvalue weighted by Gasteiger charge is 2.22. The fourth-order valence-electron chi connectivity index (χ4n) is 3.26. The highest BCUT2D eigenvalue weighted by atomic mass is 16.5. The van der Waals surface area contributed by atoms with Gasteiger partial charge in [0.2, 0.25) is 0 Å². The van der Waals surface area contributed by atoms with E-state index < -0.39 is 0 Å². The van der Waals surface area contributed by atoms with Gasteiger partial charge in [0, 0.05) is 38.3 Å². The number of nitrogens with zero attached hydrogens (tertiary/aromatic N) is 2. The number of piperazine rings is 1. The summed E-state index contributed by atoms with van der Waals surface area (Å²) in [6, 6.07) is 10.5. The van der Waals surface area contributed by atoms with Gasteiger partial charge in [-0.2, -0.15) is 0 Å². The second kappa shape index (κ2) is 8.08. The van der Waals surface area contributed by atoms with E-state index in [9.17, 15) is 10.2 Å². The van der Waals surface area contributed by atoms with E-state index >= 15 is 0 Å². The van der Waals surface area contributed by atoms with Crippen LogP contribution in [0, 0.1) is 0 Å². The van der Waals surface area contributed by atoms with E-state index in [1.807, 2.05) is 26.0 Å². The van der Waals surface area contributed by atoms with E-state index in [0.29, 0.717) is 24.7 Å². The van der Waals surface area contributed by atoms with Crippen LogP contribution in [0.5, 0.6) is 23.0 Å². The van der Waals surface area contributed by atoms with Crippen LogP contribution in [0.2, 0.25) is 0 Å². The zero-order chi connectivity index (χ0) is 18.5. The predicted molar refractivity (Wildman–Crippen MR) is 103 cm³/mol. The average molecular weight is 358 g/mol. The molecule has 0 aliphatic carbocycles. The number of aromatic hydroxyl groups is 2. The van der Waals surface area contributed by atoms with E-state index in [4.69, 9.17) is 9.47 Å². The average Bonchev–Trinajstić information content (AvgIpc) is 2.63. The van der Waals surface area contributed by atoms with Crippen molar-refractivity contribution in [2.24, 2.45) is 0 Å². The summed E-state index contributed by atoms with van der Waals surface area (Å²) in [4.78, 5) is 4.53. The van der Waals surface area contributed by atoms with Crippen LogP contribution in [0.1, 0.15) is 13.8 Å². The summed E-state index contributed by atoms with van der Waals surface area (Å²) >= 11 is 0. The first-order valence-corrected chi connectivity index (χ1v) is 9.04. The Morgan fingerprint density at radius 2 is 1.12 bits per heavy atom. The third-order valence-corrected chi connectivity index (χ3v) is 4.45. The third kappa shape index (κ3) is 3.90. The maximum Gasteiger partial charge on any atom is 0.146 e. The van der Waals surface area contributed by atoms with E-state index in [0.717, 1.165) is 37.6 Å². The van der Waals surface area contributed by atoms with Crippen molar-refractivity contribution in [3.8, 4) is 23.0 Å². The summed E-state index contributed by atoms with van der Waals surface area (Å²) in [6.45, 7) is 8.31. The molecule has 3 rings (SSSR count). The van der Waals surface area contributed by atoms with Gasteiger partial charge in [-0.15, -0.1) is 0 Å². The first-order valence-electron chi connectivity index (χ1n) is 9.04. The largest absolute Gasteiger partial charge is 0.508 e. The molecule has 0 spiro atoms. The maximum absolute atomic E-state index is 9.72. The lowest BCUT2D eigenvalue weighted by Crippen LogP contribution is -2.46. The molecular weight excluding hydrogens is 332 g/mol. The molecule has 0 amide bonds. The topological polar surface area (TPSA) is 65.4 Å². The van der Waals surface area contributed by atoms with Crippen molar-refractivity contribution in [2.45, 2.75) is 13.8 Å². The van der Waals surface area contributed by atoms with E-state index in [1.165, 1.54) is 0 Å². The summed E-state index contributed by atoms with van der Waals surface area (Å²) in [5, 5.41) is 19.4. The SMILES string of the molecule is CCOc1cc(O)ccc1N1CCN(c2ccc(O)cc2OCC)CC1. The Bertz CT molecular complexity index is 679. The number of anilines is 2. The van der Waals surface area contributed by atoms with Crippen molar-refractivity contribution in [2.75, 3.05) is 49.2 Å². The summed E-state index contributed by atoms with van der Waals surface area (Å²) in [7, 11) is 0. The lowest BCUT2D eigenvalue weighted by Gasteiger charge is -2.38. The molecule has 0 atom stereocenters. The molecular formula is C20H26N2O4. The first kappa shape index (κ1) is 18.0. The normalized spacial score (nSPS) is 14.4. The second-order valence-electron chi connectivity index (χ2n) is 6.14. The Balaban J connectivity index is 1.74. The third-order valence-electron chi connectivity index (χ3n) is 4.45. The van der Waals surface area contributed by atoms with E-state index in [1.54, 1.807) is 24.3 Å². The van der Waals surface area contributed by atoms with Crippen molar-refractivity contribution in [3.05, 3.63) is 36.4 Å². The van der Waals surface area contributed by atoms with Crippen LogP contribution < -0.4 is 19.3 Å². The van der Waals surface area contributed by atoms with E-state index in [-0.39, 0.29) is 11.5 Å². The van der Waals surface area contributed by atoms with Gasteiger partial charge in [0.1, 0.15) is 23.0 Å². The quantitative estimate of drug-likeness (QED) is 0.827. The summed E-state index contributed by atoms with van der Waals surface area (Å²) < 4.78 is 11.4. The van der Waals surface area contributed by atoms with Gasteiger partial charge in [-0.1, -0.05) is 0 Å². The first-order chi connectivity index (χ1) is 12.6. The van der Waals surface area contributed by atoms with Crippen LogP contribution in [0.25, 0.3) is 0 Å². The number of phenols is 2. The lowest BCUT2D eigenvalue weighted by atomic mass is 10.2. The minimum absolute atomic E-state index is 0.210. The Hall–Kier alpha value is -2.76. The summed E-state index contributed by atoms with van der Waals surface area (Å²) in [6.07, 6.45) is 0. The molecule has 26 heavy (non-hydrogen) atoms. The molecule has 6 heteroatoms. The molecule has 0 saturated carbocycles.